The molecule has 0 spiro atoms. The lowest BCUT2D eigenvalue weighted by molar-refractivity contribution is -0.139. The van der Waals surface area contributed by atoms with Crippen LogP contribution in [0.25, 0.3) is 11.1 Å². The molecule has 0 radical (unpaired) electrons. The number of carbonyl (C=O) groups excluding carboxylic acids is 2. The van der Waals surface area contributed by atoms with Crippen molar-refractivity contribution in [3.63, 3.8) is 0 Å². The van der Waals surface area contributed by atoms with E-state index in [0.29, 0.717) is 12.8 Å². The van der Waals surface area contributed by atoms with E-state index in [1.165, 1.54) is 0 Å². The van der Waals surface area contributed by atoms with E-state index in [0.717, 1.165) is 35.1 Å². The van der Waals surface area contributed by atoms with Crippen LogP contribution in [-0.4, -0.2) is 41.3 Å². The molecule has 1 unspecified atom stereocenters. The van der Waals surface area contributed by atoms with E-state index in [1.54, 1.807) is 6.92 Å². The summed E-state index contributed by atoms with van der Waals surface area (Å²) in [4.78, 5) is 37.1. The third-order valence-corrected chi connectivity index (χ3v) is 6.94. The van der Waals surface area contributed by atoms with Crippen LogP contribution < -0.4 is 10.6 Å². The van der Waals surface area contributed by atoms with Gasteiger partial charge in [0.25, 0.3) is 0 Å². The van der Waals surface area contributed by atoms with Gasteiger partial charge in [0, 0.05) is 5.92 Å². The third kappa shape index (κ3) is 5.08. The molecule has 0 aliphatic heterocycles. The highest BCUT2D eigenvalue weighted by atomic mass is 16.5. The number of alkyl carbamates (subject to hydrolysis) is 1. The van der Waals surface area contributed by atoms with Crippen molar-refractivity contribution in [2.75, 3.05) is 6.61 Å². The van der Waals surface area contributed by atoms with Gasteiger partial charge >= 0.3 is 12.1 Å². The van der Waals surface area contributed by atoms with Crippen LogP contribution in [0, 0.1) is 5.92 Å². The van der Waals surface area contributed by atoms with Crippen LogP contribution in [0.15, 0.2) is 48.5 Å². The summed E-state index contributed by atoms with van der Waals surface area (Å²) >= 11 is 0. The SMILES string of the molecule is CCC[C@H](NC(=O)OCC1c2ccccc2-c2ccccc21)C(=O)NC(C)(CC(=O)O)C1CC1. The molecule has 2 aromatic carbocycles. The number of carbonyl (C=O) groups is 3. The Morgan fingerprint density at radius 3 is 2.18 bits per heavy atom. The number of nitrogens with one attached hydrogen (secondary N) is 2. The number of aliphatic carboxylic acids is 1. The molecule has 3 N–H and O–H groups in total. The predicted octanol–water partition coefficient (Wildman–Crippen LogP) is 4.45. The van der Waals surface area contributed by atoms with Crippen molar-refractivity contribution in [2.24, 2.45) is 5.92 Å². The number of amides is 2. The Labute approximate surface area is 199 Å². The van der Waals surface area contributed by atoms with Gasteiger partial charge in [-0.25, -0.2) is 4.79 Å². The zero-order valence-corrected chi connectivity index (χ0v) is 19.7. The van der Waals surface area contributed by atoms with E-state index in [-0.39, 0.29) is 30.8 Å². The lowest BCUT2D eigenvalue weighted by atomic mass is 9.91. The van der Waals surface area contributed by atoms with E-state index in [9.17, 15) is 19.5 Å². The summed E-state index contributed by atoms with van der Waals surface area (Å²) in [6.07, 6.45) is 2.10. The number of rotatable bonds is 10. The topological polar surface area (TPSA) is 105 Å². The minimum Gasteiger partial charge on any atom is -0.481 e. The molecule has 4 rings (SSSR count). The Kier molecular flexibility index (Phi) is 6.91. The van der Waals surface area contributed by atoms with Gasteiger partial charge < -0.3 is 20.5 Å². The number of carboxylic acid groups (broad SMARTS) is 1. The average molecular weight is 465 g/mol. The van der Waals surface area contributed by atoms with Crippen molar-refractivity contribution in [3.8, 4) is 11.1 Å². The van der Waals surface area contributed by atoms with E-state index in [2.05, 4.69) is 34.9 Å². The van der Waals surface area contributed by atoms with Crippen molar-refractivity contribution in [1.82, 2.24) is 10.6 Å². The molecule has 7 heteroatoms. The van der Waals surface area contributed by atoms with Gasteiger partial charge in [-0.15, -0.1) is 0 Å². The summed E-state index contributed by atoms with van der Waals surface area (Å²) in [5.74, 6) is -1.24. The molecule has 1 saturated carbocycles. The first-order valence-electron chi connectivity index (χ1n) is 12.0. The van der Waals surface area contributed by atoms with Gasteiger partial charge in [-0.3, -0.25) is 9.59 Å². The number of hydrogen-bond acceptors (Lipinski definition) is 4. The summed E-state index contributed by atoms with van der Waals surface area (Å²) in [5, 5.41) is 14.9. The van der Waals surface area contributed by atoms with Gasteiger partial charge in [0.05, 0.1) is 12.0 Å². The van der Waals surface area contributed by atoms with Crippen LogP contribution in [0.5, 0.6) is 0 Å². The molecule has 0 saturated heterocycles. The molecule has 34 heavy (non-hydrogen) atoms. The first kappa shape index (κ1) is 23.8. The smallest absolute Gasteiger partial charge is 0.407 e. The van der Waals surface area contributed by atoms with Crippen LogP contribution >= 0.6 is 0 Å². The first-order chi connectivity index (χ1) is 16.3. The van der Waals surface area contributed by atoms with E-state index in [1.807, 2.05) is 31.2 Å². The average Bonchev–Trinajstić information content (AvgIpc) is 3.61. The molecule has 1 fully saturated rings. The Bertz CT molecular complexity index is 1030. The molecule has 2 amide bonds. The Balaban J connectivity index is 1.40. The molecule has 2 aliphatic carbocycles. The molecular formula is C27H32N2O5. The Morgan fingerprint density at radius 1 is 1.06 bits per heavy atom. The second kappa shape index (κ2) is 9.87. The fourth-order valence-electron chi connectivity index (χ4n) is 5.03. The molecule has 7 nitrogen and oxygen atoms in total. The zero-order chi connectivity index (χ0) is 24.3. The van der Waals surface area contributed by atoms with Crippen molar-refractivity contribution >= 4 is 18.0 Å². The predicted molar refractivity (Wildman–Crippen MR) is 128 cm³/mol. The number of ether oxygens (including phenoxy) is 1. The van der Waals surface area contributed by atoms with Crippen LogP contribution in [-0.2, 0) is 14.3 Å². The highest BCUT2D eigenvalue weighted by molar-refractivity contribution is 5.87. The van der Waals surface area contributed by atoms with Crippen LogP contribution in [0.2, 0.25) is 0 Å². The quantitative estimate of drug-likeness (QED) is 0.482. The standard InChI is InChI=1S/C27H32N2O5/c1-3-8-23(25(32)29-27(2,15-24(30)31)17-13-14-17)28-26(33)34-16-22-20-11-6-4-9-18(20)19-10-5-7-12-21(19)22/h4-7,9-12,17,22-23H,3,8,13-16H2,1-2H3,(H,28,33)(H,29,32)(H,30,31)/t23-,27?/m0/s1. The van der Waals surface area contributed by atoms with Gasteiger partial charge in [0.15, 0.2) is 0 Å². The first-order valence-corrected chi connectivity index (χ1v) is 12.0. The molecular weight excluding hydrogens is 432 g/mol. The molecule has 0 heterocycles. The lowest BCUT2D eigenvalue weighted by Crippen LogP contribution is -2.56. The van der Waals surface area contributed by atoms with E-state index >= 15 is 0 Å². The van der Waals surface area contributed by atoms with Gasteiger partial charge in [0.2, 0.25) is 5.91 Å². The van der Waals surface area contributed by atoms with Crippen molar-refractivity contribution in [1.29, 1.82) is 0 Å². The van der Waals surface area contributed by atoms with Gasteiger partial charge in [-0.2, -0.15) is 0 Å². The summed E-state index contributed by atoms with van der Waals surface area (Å²) in [6.45, 7) is 3.86. The summed E-state index contributed by atoms with van der Waals surface area (Å²) in [6, 6.07) is 15.4. The van der Waals surface area contributed by atoms with E-state index in [4.69, 9.17) is 4.74 Å². The largest absolute Gasteiger partial charge is 0.481 e. The van der Waals surface area contributed by atoms with Gasteiger partial charge in [-0.1, -0.05) is 61.9 Å². The Morgan fingerprint density at radius 2 is 1.65 bits per heavy atom. The highest BCUT2D eigenvalue weighted by Gasteiger charge is 2.45. The van der Waals surface area contributed by atoms with Crippen LogP contribution in [0.4, 0.5) is 4.79 Å². The number of fused-ring (bicyclic) bond motifs is 3. The minimum atomic E-state index is -0.953. The maximum Gasteiger partial charge on any atom is 0.407 e. The summed E-state index contributed by atoms with van der Waals surface area (Å²) in [7, 11) is 0. The Hall–Kier alpha value is -3.35. The highest BCUT2D eigenvalue weighted by Crippen LogP contribution is 2.44. The fourth-order valence-corrected chi connectivity index (χ4v) is 5.03. The molecule has 0 bridgehead atoms. The summed E-state index contributed by atoms with van der Waals surface area (Å²) < 4.78 is 5.60. The normalized spacial score (nSPS) is 17.1. The van der Waals surface area contributed by atoms with E-state index < -0.39 is 23.6 Å². The zero-order valence-electron chi connectivity index (χ0n) is 19.7. The maximum absolute atomic E-state index is 13.0. The molecule has 2 atom stereocenters. The molecule has 2 aliphatic rings. The number of carboxylic acids is 1. The van der Waals surface area contributed by atoms with Crippen molar-refractivity contribution in [3.05, 3.63) is 59.7 Å². The van der Waals surface area contributed by atoms with Crippen LogP contribution in [0.3, 0.4) is 0 Å². The second-order valence-electron chi connectivity index (χ2n) is 9.56. The fraction of sp³-hybridized carbons (Fsp3) is 0.444. The molecule has 180 valence electrons. The maximum atomic E-state index is 13.0. The summed E-state index contributed by atoms with van der Waals surface area (Å²) in [5.41, 5.74) is 3.71. The van der Waals surface area contributed by atoms with Crippen LogP contribution in [0.1, 0.15) is 63.0 Å². The monoisotopic (exact) mass is 464 g/mol. The molecule has 2 aromatic rings. The number of benzene rings is 2. The second-order valence-corrected chi connectivity index (χ2v) is 9.56. The van der Waals surface area contributed by atoms with Crippen molar-refractivity contribution in [2.45, 2.75) is 63.5 Å². The van der Waals surface area contributed by atoms with Gasteiger partial charge in [-0.05, 0) is 54.4 Å². The lowest BCUT2D eigenvalue weighted by Gasteiger charge is -2.31. The molecule has 0 aromatic heterocycles. The van der Waals surface area contributed by atoms with Crippen molar-refractivity contribution < 1.29 is 24.2 Å². The van der Waals surface area contributed by atoms with Gasteiger partial charge in [0.1, 0.15) is 12.6 Å². The third-order valence-electron chi connectivity index (χ3n) is 6.94. The minimum absolute atomic E-state index is 0.0645. The number of hydrogen-bond donors (Lipinski definition) is 3.